The molecule has 138 valence electrons. The molecule has 0 saturated carbocycles. The van der Waals surface area contributed by atoms with E-state index in [1.165, 1.54) is 6.07 Å². The van der Waals surface area contributed by atoms with Crippen molar-refractivity contribution >= 4 is 40.8 Å². The van der Waals surface area contributed by atoms with Crippen LogP contribution in [0.1, 0.15) is 21.5 Å². The van der Waals surface area contributed by atoms with Gasteiger partial charge in [0.1, 0.15) is 4.99 Å². The zero-order chi connectivity index (χ0) is 19.2. The lowest BCUT2D eigenvalue weighted by Gasteiger charge is -2.25. The van der Waals surface area contributed by atoms with Gasteiger partial charge in [0.05, 0.1) is 36.1 Å². The number of nitriles is 1. The van der Waals surface area contributed by atoms with Crippen molar-refractivity contribution in [3.8, 4) is 6.07 Å². The molecule has 0 unspecified atom stereocenters. The maximum atomic E-state index is 11.5. The lowest BCUT2D eigenvalue weighted by Crippen LogP contribution is -2.30. The fourth-order valence-corrected chi connectivity index (χ4v) is 3.76. The Labute approximate surface area is 166 Å². The van der Waals surface area contributed by atoms with Crippen LogP contribution < -0.4 is 5.32 Å². The molecule has 2 N–H and O–H groups in total. The fourth-order valence-electron chi connectivity index (χ4n) is 2.58. The summed E-state index contributed by atoms with van der Waals surface area (Å²) in [5, 5.41) is 21.3. The van der Waals surface area contributed by atoms with E-state index in [1.807, 2.05) is 30.3 Å². The van der Waals surface area contributed by atoms with Crippen LogP contribution in [0.3, 0.4) is 0 Å². The van der Waals surface area contributed by atoms with Crippen LogP contribution in [0.2, 0.25) is 0 Å². The number of carbonyl (C=O) groups is 1. The summed E-state index contributed by atoms with van der Waals surface area (Å²) in [4.78, 5) is 12.9. The summed E-state index contributed by atoms with van der Waals surface area (Å²) in [7, 11) is 0. The number of morpholine rings is 1. The molecule has 1 heterocycles. The van der Waals surface area contributed by atoms with E-state index in [1.54, 1.807) is 24.1 Å². The molecule has 1 fully saturated rings. The Kier molecular flexibility index (Phi) is 6.42. The van der Waals surface area contributed by atoms with E-state index in [0.717, 1.165) is 36.8 Å². The highest BCUT2D eigenvalue weighted by Gasteiger charge is 2.15. The predicted molar refractivity (Wildman–Crippen MR) is 108 cm³/mol. The normalized spacial score (nSPS) is 14.3. The molecule has 2 aromatic rings. The molecule has 0 aromatic heterocycles. The van der Waals surface area contributed by atoms with Crippen LogP contribution in [0.15, 0.2) is 47.4 Å². The van der Waals surface area contributed by atoms with Gasteiger partial charge < -0.3 is 15.2 Å². The Morgan fingerprint density at radius 1 is 1.26 bits per heavy atom. The van der Waals surface area contributed by atoms with Gasteiger partial charge in [-0.15, -0.1) is 0 Å². The monoisotopic (exact) mass is 399 g/mol. The minimum Gasteiger partial charge on any atom is -0.478 e. The first-order valence-corrected chi connectivity index (χ1v) is 9.44. The van der Waals surface area contributed by atoms with Gasteiger partial charge in [0, 0.05) is 23.5 Å². The van der Waals surface area contributed by atoms with E-state index in [0.29, 0.717) is 10.7 Å². The average Bonchev–Trinajstić information content (AvgIpc) is 2.69. The van der Waals surface area contributed by atoms with Gasteiger partial charge in [0.25, 0.3) is 0 Å². The van der Waals surface area contributed by atoms with Crippen molar-refractivity contribution in [1.29, 1.82) is 5.26 Å². The third kappa shape index (κ3) is 5.05. The van der Waals surface area contributed by atoms with Gasteiger partial charge in [0.15, 0.2) is 0 Å². The molecule has 2 aromatic carbocycles. The molecule has 8 heteroatoms. The Bertz CT molecular complexity index is 905. The average molecular weight is 399 g/mol. The second-order valence-electron chi connectivity index (χ2n) is 5.79. The Morgan fingerprint density at radius 2 is 2.04 bits per heavy atom. The largest absolute Gasteiger partial charge is 0.478 e. The first-order valence-electron chi connectivity index (χ1n) is 8.26. The smallest absolute Gasteiger partial charge is 0.337 e. The topological polar surface area (TPSA) is 85.6 Å². The van der Waals surface area contributed by atoms with Crippen molar-refractivity contribution < 1.29 is 14.6 Å². The molecule has 0 amide bonds. The first-order chi connectivity index (χ1) is 13.1. The van der Waals surface area contributed by atoms with Gasteiger partial charge in [-0.2, -0.15) is 5.26 Å². The van der Waals surface area contributed by atoms with Gasteiger partial charge in [-0.1, -0.05) is 24.4 Å². The molecule has 1 aliphatic heterocycles. The minimum atomic E-state index is -1.12. The number of thiocarbonyl (C=S) groups is 1. The fraction of sp³-hybridized carbons (Fsp3) is 0.211. The maximum Gasteiger partial charge on any atom is 0.337 e. The SMILES string of the molecule is N#Cc1ccc(NC(=S)c2cccc(SN3CCOCC3)c2)c(C(=O)O)c1. The van der Waals surface area contributed by atoms with Gasteiger partial charge in [0.2, 0.25) is 0 Å². The van der Waals surface area contributed by atoms with Crippen LogP contribution in [0, 0.1) is 11.3 Å². The summed E-state index contributed by atoms with van der Waals surface area (Å²) in [6, 6.07) is 14.2. The van der Waals surface area contributed by atoms with Crippen LogP contribution in [0.4, 0.5) is 5.69 Å². The molecule has 0 aliphatic carbocycles. The summed E-state index contributed by atoms with van der Waals surface area (Å²) in [6.45, 7) is 3.18. The second kappa shape index (κ2) is 8.97. The number of hydrogen-bond donors (Lipinski definition) is 2. The summed E-state index contributed by atoms with van der Waals surface area (Å²) in [5.41, 5.74) is 1.45. The summed E-state index contributed by atoms with van der Waals surface area (Å²) in [5.74, 6) is -1.12. The van der Waals surface area contributed by atoms with E-state index < -0.39 is 5.97 Å². The van der Waals surface area contributed by atoms with E-state index in [9.17, 15) is 9.90 Å². The summed E-state index contributed by atoms with van der Waals surface area (Å²) < 4.78 is 7.60. The molecule has 1 aliphatic rings. The Hall–Kier alpha value is -2.44. The second-order valence-corrected chi connectivity index (χ2v) is 7.37. The van der Waals surface area contributed by atoms with Gasteiger partial charge in [-0.25, -0.2) is 9.10 Å². The zero-order valence-corrected chi connectivity index (χ0v) is 16.0. The number of ether oxygens (including phenoxy) is 1. The molecular weight excluding hydrogens is 382 g/mol. The van der Waals surface area contributed by atoms with E-state index in [-0.39, 0.29) is 11.1 Å². The summed E-state index contributed by atoms with van der Waals surface area (Å²) >= 11 is 7.11. The molecule has 1 saturated heterocycles. The number of rotatable bonds is 5. The van der Waals surface area contributed by atoms with Crippen molar-refractivity contribution in [2.75, 3.05) is 31.6 Å². The van der Waals surface area contributed by atoms with Crippen LogP contribution in [0.5, 0.6) is 0 Å². The Balaban J connectivity index is 1.76. The first kappa shape index (κ1) is 19.3. The molecule has 3 rings (SSSR count). The van der Waals surface area contributed by atoms with Crippen LogP contribution in [0.25, 0.3) is 0 Å². The number of hydrogen-bond acceptors (Lipinski definition) is 6. The van der Waals surface area contributed by atoms with Crippen LogP contribution in [-0.4, -0.2) is 46.7 Å². The number of benzene rings is 2. The van der Waals surface area contributed by atoms with Crippen LogP contribution >= 0.6 is 24.2 Å². The highest BCUT2D eigenvalue weighted by atomic mass is 32.2. The lowest BCUT2D eigenvalue weighted by molar-refractivity contribution is 0.0698. The zero-order valence-electron chi connectivity index (χ0n) is 14.3. The predicted octanol–water partition coefficient (Wildman–Crippen LogP) is 3.38. The van der Waals surface area contributed by atoms with Gasteiger partial charge >= 0.3 is 5.97 Å². The van der Waals surface area contributed by atoms with E-state index >= 15 is 0 Å². The molecule has 0 radical (unpaired) electrons. The van der Waals surface area contributed by atoms with E-state index in [2.05, 4.69) is 9.62 Å². The van der Waals surface area contributed by atoms with Crippen molar-refractivity contribution in [1.82, 2.24) is 4.31 Å². The highest BCUT2D eigenvalue weighted by Crippen LogP contribution is 2.25. The number of aromatic carboxylic acids is 1. The standard InChI is InChI=1S/C19H17N3O3S2/c20-12-13-4-5-17(16(10-13)19(23)24)21-18(26)14-2-1-3-15(11-14)27-22-6-8-25-9-7-22/h1-5,10-11H,6-9H2,(H,21,26)(H,23,24). The molecule has 0 bridgehead atoms. The van der Waals surface area contributed by atoms with E-state index in [4.69, 9.17) is 22.2 Å². The molecule has 0 atom stereocenters. The van der Waals surface area contributed by atoms with Crippen LogP contribution in [-0.2, 0) is 4.74 Å². The lowest BCUT2D eigenvalue weighted by atomic mass is 10.1. The molecule has 27 heavy (non-hydrogen) atoms. The minimum absolute atomic E-state index is 0.00949. The quantitative estimate of drug-likeness (QED) is 0.585. The summed E-state index contributed by atoms with van der Waals surface area (Å²) in [6.07, 6.45) is 0. The van der Waals surface area contributed by atoms with Crippen molar-refractivity contribution in [2.45, 2.75) is 4.90 Å². The van der Waals surface area contributed by atoms with Gasteiger partial charge in [-0.05, 0) is 42.3 Å². The number of nitrogens with one attached hydrogen (secondary N) is 1. The maximum absolute atomic E-state index is 11.5. The molecular formula is C19H17N3O3S2. The van der Waals surface area contributed by atoms with Crippen molar-refractivity contribution in [3.63, 3.8) is 0 Å². The highest BCUT2D eigenvalue weighted by molar-refractivity contribution is 7.97. The third-order valence-corrected chi connectivity index (χ3v) is 5.35. The number of anilines is 1. The number of carboxylic acids is 1. The van der Waals surface area contributed by atoms with Gasteiger partial charge in [-0.3, -0.25) is 0 Å². The number of carboxylic acid groups (broad SMARTS) is 1. The third-order valence-electron chi connectivity index (χ3n) is 3.93. The molecule has 6 nitrogen and oxygen atoms in total. The number of nitrogens with zero attached hydrogens (tertiary/aromatic N) is 2. The van der Waals surface area contributed by atoms with Crippen molar-refractivity contribution in [2.24, 2.45) is 0 Å². The molecule has 0 spiro atoms. The van der Waals surface area contributed by atoms with Crippen molar-refractivity contribution in [3.05, 3.63) is 59.2 Å². The Morgan fingerprint density at radius 3 is 2.74 bits per heavy atom.